The standard InChI is InChI=1S/C15H15N.BrH/c1-2-6-12(7-3-1)15-11-16-10-13-8-4-5-9-14(13)15;/h1-9,15-16H,10-11H2;1H. The van der Waals surface area contributed by atoms with Gasteiger partial charge in [0, 0.05) is 19.0 Å². The summed E-state index contributed by atoms with van der Waals surface area (Å²) in [6, 6.07) is 19.5. The van der Waals surface area contributed by atoms with Crippen LogP contribution >= 0.6 is 17.0 Å². The van der Waals surface area contributed by atoms with Crippen molar-refractivity contribution in [2.75, 3.05) is 6.54 Å². The first-order valence-electron chi connectivity index (χ1n) is 5.78. The highest BCUT2D eigenvalue weighted by atomic mass is 79.9. The monoisotopic (exact) mass is 289 g/mol. The maximum Gasteiger partial charge on any atom is 0.0218 e. The zero-order valence-corrected chi connectivity index (χ0v) is 11.3. The van der Waals surface area contributed by atoms with E-state index >= 15 is 0 Å². The fourth-order valence-electron chi connectivity index (χ4n) is 2.48. The van der Waals surface area contributed by atoms with Gasteiger partial charge in [-0.2, -0.15) is 0 Å². The average molecular weight is 290 g/mol. The molecular formula is C15H16BrN. The molecule has 0 bridgehead atoms. The number of benzene rings is 2. The molecule has 17 heavy (non-hydrogen) atoms. The normalized spacial score (nSPS) is 18.0. The summed E-state index contributed by atoms with van der Waals surface area (Å²) in [6.45, 7) is 2.04. The smallest absolute Gasteiger partial charge is 0.0218 e. The van der Waals surface area contributed by atoms with E-state index < -0.39 is 0 Å². The van der Waals surface area contributed by atoms with Gasteiger partial charge in [0.25, 0.3) is 0 Å². The summed E-state index contributed by atoms with van der Waals surface area (Å²) in [5.41, 5.74) is 4.32. The zero-order chi connectivity index (χ0) is 10.8. The molecule has 1 N–H and O–H groups in total. The quantitative estimate of drug-likeness (QED) is 0.847. The Morgan fingerprint density at radius 3 is 2.41 bits per heavy atom. The molecule has 1 unspecified atom stereocenters. The van der Waals surface area contributed by atoms with E-state index in [-0.39, 0.29) is 17.0 Å². The number of rotatable bonds is 1. The summed E-state index contributed by atoms with van der Waals surface area (Å²) < 4.78 is 0. The highest BCUT2D eigenvalue weighted by molar-refractivity contribution is 8.93. The van der Waals surface area contributed by atoms with Crippen molar-refractivity contribution in [3.63, 3.8) is 0 Å². The van der Waals surface area contributed by atoms with E-state index in [1.54, 1.807) is 0 Å². The predicted octanol–water partition coefficient (Wildman–Crippen LogP) is 3.50. The van der Waals surface area contributed by atoms with Gasteiger partial charge in [-0.25, -0.2) is 0 Å². The maximum absolute atomic E-state index is 3.49. The minimum atomic E-state index is 0. The van der Waals surface area contributed by atoms with E-state index in [1.807, 2.05) is 0 Å². The Labute approximate surface area is 113 Å². The number of nitrogens with one attached hydrogen (secondary N) is 1. The van der Waals surface area contributed by atoms with E-state index in [4.69, 9.17) is 0 Å². The second-order valence-corrected chi connectivity index (χ2v) is 4.29. The van der Waals surface area contributed by atoms with Crippen LogP contribution in [0.1, 0.15) is 22.6 Å². The molecule has 0 radical (unpaired) electrons. The number of hydrogen-bond acceptors (Lipinski definition) is 1. The molecule has 0 saturated heterocycles. The topological polar surface area (TPSA) is 12.0 Å². The van der Waals surface area contributed by atoms with E-state index in [9.17, 15) is 0 Å². The third-order valence-corrected chi connectivity index (χ3v) is 3.30. The first kappa shape index (κ1) is 12.3. The van der Waals surface area contributed by atoms with Gasteiger partial charge in [-0.05, 0) is 16.7 Å². The van der Waals surface area contributed by atoms with Crippen molar-refractivity contribution in [3.05, 3.63) is 71.3 Å². The molecule has 88 valence electrons. The van der Waals surface area contributed by atoms with Crippen molar-refractivity contribution < 1.29 is 0 Å². The molecule has 0 aromatic heterocycles. The van der Waals surface area contributed by atoms with Gasteiger partial charge in [0.05, 0.1) is 0 Å². The highest BCUT2D eigenvalue weighted by Crippen LogP contribution is 2.29. The molecule has 2 aromatic carbocycles. The predicted molar refractivity (Wildman–Crippen MR) is 76.8 cm³/mol. The lowest BCUT2D eigenvalue weighted by Crippen LogP contribution is -2.28. The zero-order valence-electron chi connectivity index (χ0n) is 9.60. The van der Waals surface area contributed by atoms with Crippen molar-refractivity contribution in [3.8, 4) is 0 Å². The van der Waals surface area contributed by atoms with Gasteiger partial charge < -0.3 is 5.32 Å². The third-order valence-electron chi connectivity index (χ3n) is 3.30. The Hall–Kier alpha value is -1.12. The Morgan fingerprint density at radius 2 is 1.59 bits per heavy atom. The van der Waals surface area contributed by atoms with Crippen molar-refractivity contribution >= 4 is 17.0 Å². The van der Waals surface area contributed by atoms with Gasteiger partial charge in [0.15, 0.2) is 0 Å². The van der Waals surface area contributed by atoms with Crippen LogP contribution in [0.5, 0.6) is 0 Å². The van der Waals surface area contributed by atoms with Crippen molar-refractivity contribution in [2.45, 2.75) is 12.5 Å². The van der Waals surface area contributed by atoms with Crippen LogP contribution in [0.2, 0.25) is 0 Å². The van der Waals surface area contributed by atoms with Crippen molar-refractivity contribution in [2.24, 2.45) is 0 Å². The van der Waals surface area contributed by atoms with Crippen LogP contribution in [0.4, 0.5) is 0 Å². The lowest BCUT2D eigenvalue weighted by atomic mass is 9.86. The van der Waals surface area contributed by atoms with E-state index in [2.05, 4.69) is 59.9 Å². The summed E-state index contributed by atoms with van der Waals surface area (Å²) in [7, 11) is 0. The second-order valence-electron chi connectivity index (χ2n) is 4.29. The van der Waals surface area contributed by atoms with Crippen LogP contribution in [0.3, 0.4) is 0 Å². The molecule has 1 aliphatic rings. The molecule has 1 atom stereocenters. The summed E-state index contributed by atoms with van der Waals surface area (Å²) in [5.74, 6) is 0.506. The lowest BCUT2D eigenvalue weighted by Gasteiger charge is -2.26. The first-order valence-corrected chi connectivity index (χ1v) is 5.78. The maximum atomic E-state index is 3.49. The Morgan fingerprint density at radius 1 is 0.882 bits per heavy atom. The first-order chi connectivity index (χ1) is 7.95. The van der Waals surface area contributed by atoms with Gasteiger partial charge in [0.1, 0.15) is 0 Å². The van der Waals surface area contributed by atoms with E-state index in [0.29, 0.717) is 5.92 Å². The molecule has 3 rings (SSSR count). The largest absolute Gasteiger partial charge is 0.312 e. The molecule has 0 spiro atoms. The van der Waals surface area contributed by atoms with Crippen LogP contribution in [0, 0.1) is 0 Å². The van der Waals surface area contributed by atoms with Gasteiger partial charge >= 0.3 is 0 Å². The molecule has 2 aromatic rings. The van der Waals surface area contributed by atoms with Crippen LogP contribution in [0.25, 0.3) is 0 Å². The van der Waals surface area contributed by atoms with Crippen LogP contribution in [-0.4, -0.2) is 6.54 Å². The molecule has 0 fully saturated rings. The summed E-state index contributed by atoms with van der Waals surface area (Å²) >= 11 is 0. The Bertz CT molecular complexity index is 481. The molecule has 2 heteroatoms. The molecule has 1 heterocycles. The average Bonchev–Trinajstić information content (AvgIpc) is 2.39. The van der Waals surface area contributed by atoms with Crippen LogP contribution in [0.15, 0.2) is 54.6 Å². The van der Waals surface area contributed by atoms with Gasteiger partial charge in [-0.15, -0.1) is 17.0 Å². The van der Waals surface area contributed by atoms with Gasteiger partial charge in [-0.1, -0.05) is 54.6 Å². The second kappa shape index (κ2) is 5.48. The van der Waals surface area contributed by atoms with Crippen LogP contribution < -0.4 is 5.32 Å². The SMILES string of the molecule is Br.c1ccc(C2CNCc3ccccc32)cc1. The fraction of sp³-hybridized carbons (Fsp3) is 0.200. The molecular weight excluding hydrogens is 274 g/mol. The lowest BCUT2D eigenvalue weighted by molar-refractivity contribution is 0.591. The van der Waals surface area contributed by atoms with Gasteiger partial charge in [-0.3, -0.25) is 0 Å². The summed E-state index contributed by atoms with van der Waals surface area (Å²) in [5, 5.41) is 3.49. The Kier molecular flexibility index (Phi) is 3.97. The highest BCUT2D eigenvalue weighted by Gasteiger charge is 2.20. The van der Waals surface area contributed by atoms with Crippen LogP contribution in [-0.2, 0) is 6.54 Å². The minimum absolute atomic E-state index is 0. The van der Waals surface area contributed by atoms with E-state index in [0.717, 1.165) is 13.1 Å². The molecule has 0 amide bonds. The van der Waals surface area contributed by atoms with E-state index in [1.165, 1.54) is 16.7 Å². The van der Waals surface area contributed by atoms with Crippen molar-refractivity contribution in [1.29, 1.82) is 0 Å². The number of halogens is 1. The summed E-state index contributed by atoms with van der Waals surface area (Å²) in [6.07, 6.45) is 0. The third kappa shape index (κ3) is 2.43. The van der Waals surface area contributed by atoms with Crippen molar-refractivity contribution in [1.82, 2.24) is 5.32 Å². The number of fused-ring (bicyclic) bond motifs is 1. The molecule has 1 aliphatic heterocycles. The molecule has 0 saturated carbocycles. The number of hydrogen-bond donors (Lipinski definition) is 1. The summed E-state index contributed by atoms with van der Waals surface area (Å²) in [4.78, 5) is 0. The Balaban J connectivity index is 0.00000108. The molecule has 1 nitrogen and oxygen atoms in total. The van der Waals surface area contributed by atoms with Gasteiger partial charge in [0.2, 0.25) is 0 Å². The minimum Gasteiger partial charge on any atom is -0.312 e. The fourth-order valence-corrected chi connectivity index (χ4v) is 2.48. The molecule has 0 aliphatic carbocycles.